The van der Waals surface area contributed by atoms with Gasteiger partial charge in [0, 0.05) is 33.8 Å². The number of nitrogens with one attached hydrogen (secondary N) is 1. The molecule has 0 aliphatic heterocycles. The molecule has 0 spiro atoms. The van der Waals surface area contributed by atoms with Crippen LogP contribution in [0.25, 0.3) is 16.9 Å². The van der Waals surface area contributed by atoms with Crippen LogP contribution in [0.5, 0.6) is 0 Å². The Bertz CT molecular complexity index is 1040. The molecule has 0 saturated heterocycles. The van der Waals surface area contributed by atoms with Crippen molar-refractivity contribution < 1.29 is 4.52 Å². The van der Waals surface area contributed by atoms with Crippen molar-refractivity contribution in [2.24, 2.45) is 4.99 Å². The summed E-state index contributed by atoms with van der Waals surface area (Å²) in [6.45, 7) is 11.9. The van der Waals surface area contributed by atoms with Gasteiger partial charge in [-0.2, -0.15) is 0 Å². The fourth-order valence-electron chi connectivity index (χ4n) is 2.87. The quantitative estimate of drug-likeness (QED) is 0.500. The highest BCUT2D eigenvalue weighted by Crippen LogP contribution is 2.30. The summed E-state index contributed by atoms with van der Waals surface area (Å²) in [4.78, 5) is 8.60. The molecule has 144 valence electrons. The molecule has 7 heteroatoms. The van der Waals surface area contributed by atoms with Crippen LogP contribution in [-0.2, 0) is 0 Å². The molecule has 0 amide bonds. The Hall–Kier alpha value is -2.93. The summed E-state index contributed by atoms with van der Waals surface area (Å²) in [5.41, 5.74) is 5.66. The van der Waals surface area contributed by atoms with Crippen LogP contribution in [-0.4, -0.2) is 20.9 Å². The van der Waals surface area contributed by atoms with E-state index in [-0.39, 0.29) is 0 Å². The van der Waals surface area contributed by atoms with Crippen molar-refractivity contribution in [2.75, 3.05) is 5.32 Å². The first kappa shape index (κ1) is 19.8. The zero-order valence-electron chi connectivity index (χ0n) is 16.3. The van der Waals surface area contributed by atoms with Crippen LogP contribution < -0.4 is 5.32 Å². The number of aliphatic imine (C=N–C) groups is 1. The zero-order valence-corrected chi connectivity index (χ0v) is 17.9. The van der Waals surface area contributed by atoms with E-state index in [1.165, 1.54) is 0 Å². The summed E-state index contributed by atoms with van der Waals surface area (Å²) in [5, 5.41) is 7.38. The van der Waals surface area contributed by atoms with Crippen molar-refractivity contribution in [3.63, 3.8) is 0 Å². The minimum atomic E-state index is 0.672. The number of hydrogen-bond donors (Lipinski definition) is 1. The number of aromatic nitrogens is 3. The lowest BCUT2D eigenvalue weighted by molar-refractivity contribution is 0.393. The first-order chi connectivity index (χ1) is 13.4. The van der Waals surface area contributed by atoms with E-state index in [2.05, 4.69) is 61.2 Å². The summed E-state index contributed by atoms with van der Waals surface area (Å²) < 4.78 is 8.02. The van der Waals surface area contributed by atoms with Gasteiger partial charge in [0.25, 0.3) is 0 Å². The molecule has 0 unspecified atom stereocenters. The van der Waals surface area contributed by atoms with Gasteiger partial charge in [-0.15, -0.1) is 0 Å². The Balaban J connectivity index is 1.83. The number of hydrogen-bond acceptors (Lipinski definition) is 5. The topological polar surface area (TPSA) is 68.2 Å². The number of halogens is 1. The number of aryl methyl sites for hydroxylation is 3. The zero-order chi connectivity index (χ0) is 20.3. The largest absolute Gasteiger partial charge is 0.361 e. The predicted molar refractivity (Wildman–Crippen MR) is 117 cm³/mol. The minimum absolute atomic E-state index is 0.672. The van der Waals surface area contributed by atoms with Crippen molar-refractivity contribution in [3.05, 3.63) is 70.7 Å². The SMILES string of the molecule is C=C(/C=N\C(=C(/C)Br)n1ccnc1)Nc1cc(-c2c(C)noc2C)ccc1C. The molecule has 0 bridgehead atoms. The summed E-state index contributed by atoms with van der Waals surface area (Å²) in [7, 11) is 0. The first-order valence-electron chi connectivity index (χ1n) is 8.75. The van der Waals surface area contributed by atoms with Crippen molar-refractivity contribution in [1.82, 2.24) is 14.7 Å². The van der Waals surface area contributed by atoms with Crippen LogP contribution in [0.15, 0.2) is 63.2 Å². The van der Waals surface area contributed by atoms with Gasteiger partial charge in [0.05, 0.1) is 11.9 Å². The maximum Gasteiger partial charge on any atom is 0.147 e. The fourth-order valence-corrected chi connectivity index (χ4v) is 3.18. The van der Waals surface area contributed by atoms with Crippen molar-refractivity contribution in [1.29, 1.82) is 0 Å². The average molecular weight is 440 g/mol. The van der Waals surface area contributed by atoms with E-state index in [0.29, 0.717) is 5.70 Å². The number of benzene rings is 1. The van der Waals surface area contributed by atoms with Crippen molar-refractivity contribution >= 4 is 33.7 Å². The molecule has 3 rings (SSSR count). The van der Waals surface area contributed by atoms with Gasteiger partial charge in [0.2, 0.25) is 0 Å². The smallest absolute Gasteiger partial charge is 0.147 e. The second-order valence-corrected chi connectivity index (χ2v) is 7.65. The molecule has 0 aliphatic rings. The third-order valence-electron chi connectivity index (χ3n) is 4.25. The third kappa shape index (κ3) is 4.31. The molecule has 0 radical (unpaired) electrons. The molecule has 0 atom stereocenters. The van der Waals surface area contributed by atoms with Gasteiger partial charge in [-0.1, -0.05) is 39.8 Å². The van der Waals surface area contributed by atoms with Gasteiger partial charge < -0.3 is 9.84 Å². The molecule has 0 saturated carbocycles. The van der Waals surface area contributed by atoms with Crippen LogP contribution >= 0.6 is 15.9 Å². The summed E-state index contributed by atoms with van der Waals surface area (Å²) in [6, 6.07) is 6.20. The number of nitrogens with zero attached hydrogens (tertiary/aromatic N) is 4. The van der Waals surface area contributed by atoms with E-state index >= 15 is 0 Å². The molecule has 0 fully saturated rings. The number of rotatable bonds is 6. The second kappa shape index (κ2) is 8.39. The van der Waals surface area contributed by atoms with Crippen LogP contribution in [0, 0.1) is 20.8 Å². The second-order valence-electron chi connectivity index (χ2n) is 6.46. The first-order valence-corrected chi connectivity index (χ1v) is 9.54. The van der Waals surface area contributed by atoms with Crippen LogP contribution in [0.2, 0.25) is 0 Å². The van der Waals surface area contributed by atoms with Gasteiger partial charge in [-0.25, -0.2) is 9.98 Å². The standard InChI is InChI=1S/C21H22BrN5O/c1-13-6-7-18(20-16(4)26-28-17(20)5)10-19(13)25-14(2)11-24-21(15(3)22)27-9-8-23-12-27/h6-12,25H,2H2,1,3-5H3/b21-15-,24-11-. The lowest BCUT2D eigenvalue weighted by atomic mass is 10.0. The Kier molecular flexibility index (Phi) is 5.94. The molecular weight excluding hydrogens is 418 g/mol. The van der Waals surface area contributed by atoms with Crippen molar-refractivity contribution in [2.45, 2.75) is 27.7 Å². The number of anilines is 1. The van der Waals surface area contributed by atoms with E-state index in [1.54, 1.807) is 18.7 Å². The average Bonchev–Trinajstić information content (AvgIpc) is 3.27. The van der Waals surface area contributed by atoms with Gasteiger partial charge in [0.1, 0.15) is 17.9 Å². The lowest BCUT2D eigenvalue weighted by Gasteiger charge is -2.12. The van der Waals surface area contributed by atoms with E-state index in [1.807, 2.05) is 38.5 Å². The van der Waals surface area contributed by atoms with E-state index in [4.69, 9.17) is 4.52 Å². The molecular formula is C21H22BrN5O. The molecule has 1 N–H and O–H groups in total. The number of imidazole rings is 1. The highest BCUT2D eigenvalue weighted by molar-refractivity contribution is 9.11. The Labute approximate surface area is 172 Å². The molecule has 2 aromatic heterocycles. The molecule has 0 aliphatic carbocycles. The van der Waals surface area contributed by atoms with E-state index in [9.17, 15) is 0 Å². The highest BCUT2D eigenvalue weighted by Gasteiger charge is 2.13. The highest BCUT2D eigenvalue weighted by atomic mass is 79.9. The fraction of sp³-hybridized carbons (Fsp3) is 0.190. The monoisotopic (exact) mass is 439 g/mol. The van der Waals surface area contributed by atoms with Crippen LogP contribution in [0.4, 0.5) is 5.69 Å². The van der Waals surface area contributed by atoms with Gasteiger partial charge in [0.15, 0.2) is 0 Å². The number of allylic oxidation sites excluding steroid dienone is 2. The Morgan fingerprint density at radius 1 is 1.32 bits per heavy atom. The van der Waals surface area contributed by atoms with Gasteiger partial charge in [-0.3, -0.25) is 4.57 Å². The summed E-state index contributed by atoms with van der Waals surface area (Å²) in [5.74, 6) is 1.54. The molecule has 1 aromatic carbocycles. The lowest BCUT2D eigenvalue weighted by Crippen LogP contribution is -2.02. The molecule has 3 aromatic rings. The van der Waals surface area contributed by atoms with Gasteiger partial charge >= 0.3 is 0 Å². The summed E-state index contributed by atoms with van der Waals surface area (Å²) in [6.07, 6.45) is 6.94. The van der Waals surface area contributed by atoms with Gasteiger partial charge in [-0.05, 0) is 44.9 Å². The minimum Gasteiger partial charge on any atom is -0.361 e. The molecule has 28 heavy (non-hydrogen) atoms. The maximum absolute atomic E-state index is 5.30. The molecule has 2 heterocycles. The van der Waals surface area contributed by atoms with E-state index < -0.39 is 0 Å². The maximum atomic E-state index is 5.30. The normalized spacial score (nSPS) is 12.3. The third-order valence-corrected chi connectivity index (χ3v) is 4.61. The van der Waals surface area contributed by atoms with E-state index in [0.717, 1.165) is 44.1 Å². The summed E-state index contributed by atoms with van der Waals surface area (Å²) >= 11 is 3.49. The predicted octanol–water partition coefficient (Wildman–Crippen LogP) is 5.70. The van der Waals surface area contributed by atoms with Crippen LogP contribution in [0.3, 0.4) is 0 Å². The Morgan fingerprint density at radius 2 is 2.11 bits per heavy atom. The molecule has 6 nitrogen and oxygen atoms in total. The van der Waals surface area contributed by atoms with Crippen LogP contribution in [0.1, 0.15) is 23.9 Å². The van der Waals surface area contributed by atoms with Crippen molar-refractivity contribution in [3.8, 4) is 11.1 Å². The Morgan fingerprint density at radius 3 is 2.71 bits per heavy atom.